The van der Waals surface area contributed by atoms with Crippen molar-refractivity contribution in [2.75, 3.05) is 0 Å². The number of hydrogen-bond acceptors (Lipinski definition) is 6. The van der Waals surface area contributed by atoms with Crippen molar-refractivity contribution in [3.63, 3.8) is 0 Å². The number of benzene rings is 3. The van der Waals surface area contributed by atoms with E-state index in [2.05, 4.69) is 10.1 Å². The molecule has 2 aromatic heterocycles. The quantitative estimate of drug-likeness (QED) is 0.417. The van der Waals surface area contributed by atoms with Crippen LogP contribution in [0.15, 0.2) is 99.8 Å². The third-order valence-electron chi connectivity index (χ3n) is 5.10. The van der Waals surface area contributed by atoms with Crippen LogP contribution in [0.1, 0.15) is 5.56 Å². The number of nitrogens with zero attached hydrogens (tertiary/aromatic N) is 3. The van der Waals surface area contributed by atoms with Crippen molar-refractivity contribution in [1.29, 1.82) is 0 Å². The molecule has 5 rings (SSSR count). The second-order valence-electron chi connectivity index (χ2n) is 7.36. The Kier molecular flexibility index (Phi) is 5.50. The number of primary amides is 1. The Hall–Kier alpha value is -4.17. The van der Waals surface area contributed by atoms with Gasteiger partial charge in [0.15, 0.2) is 0 Å². The normalized spacial score (nSPS) is 11.0. The molecule has 0 radical (unpaired) electrons. The van der Waals surface area contributed by atoms with Gasteiger partial charge in [-0.25, -0.2) is 9.48 Å². The Bertz CT molecular complexity index is 1560. The minimum Gasteiger partial charge on any atom is -0.410 e. The lowest BCUT2D eigenvalue weighted by molar-refractivity contribution is 0.211. The number of fused-ring (bicyclic) bond motifs is 2. The van der Waals surface area contributed by atoms with Crippen LogP contribution in [0.3, 0.4) is 0 Å². The fourth-order valence-corrected chi connectivity index (χ4v) is 4.61. The monoisotopic (exact) mass is 454 g/mol. The molecule has 0 saturated carbocycles. The zero-order valence-electron chi connectivity index (χ0n) is 17.3. The number of carbonyl (C=O) groups is 1. The van der Waals surface area contributed by atoms with E-state index < -0.39 is 6.09 Å². The zero-order valence-corrected chi connectivity index (χ0v) is 18.2. The van der Waals surface area contributed by atoms with Crippen molar-refractivity contribution in [1.82, 2.24) is 14.8 Å². The predicted molar refractivity (Wildman–Crippen MR) is 128 cm³/mol. The first-order valence-corrected chi connectivity index (χ1v) is 11.0. The lowest BCUT2D eigenvalue weighted by Crippen LogP contribution is -2.23. The Morgan fingerprint density at radius 3 is 2.73 bits per heavy atom. The molecule has 33 heavy (non-hydrogen) atoms. The summed E-state index contributed by atoms with van der Waals surface area (Å²) in [6, 6.07) is 22.6. The molecular formula is C25H18N4O3S. The van der Waals surface area contributed by atoms with Crippen LogP contribution >= 0.6 is 11.8 Å². The van der Waals surface area contributed by atoms with Gasteiger partial charge >= 0.3 is 6.09 Å². The smallest absolute Gasteiger partial charge is 0.409 e. The molecule has 0 saturated heterocycles. The van der Waals surface area contributed by atoms with E-state index in [0.29, 0.717) is 11.1 Å². The third-order valence-corrected chi connectivity index (χ3v) is 6.14. The first kappa shape index (κ1) is 20.7. The Labute approximate surface area is 192 Å². The van der Waals surface area contributed by atoms with Crippen LogP contribution in [0.5, 0.6) is 5.75 Å². The lowest BCUT2D eigenvalue weighted by atomic mass is 10.2. The number of ether oxygens (including phenoxy) is 1. The van der Waals surface area contributed by atoms with Crippen molar-refractivity contribution >= 4 is 39.5 Å². The van der Waals surface area contributed by atoms with Crippen LogP contribution in [0, 0.1) is 0 Å². The van der Waals surface area contributed by atoms with E-state index >= 15 is 0 Å². The summed E-state index contributed by atoms with van der Waals surface area (Å²) in [5.74, 6) is 0.318. The predicted octanol–water partition coefficient (Wildman–Crippen LogP) is 4.60. The number of rotatable bonds is 5. The van der Waals surface area contributed by atoms with E-state index in [1.807, 2.05) is 54.6 Å². The topological polar surface area (TPSA) is 100 Å². The van der Waals surface area contributed by atoms with Gasteiger partial charge < -0.3 is 10.5 Å². The van der Waals surface area contributed by atoms with Gasteiger partial charge in [-0.2, -0.15) is 5.10 Å². The van der Waals surface area contributed by atoms with Crippen LogP contribution in [0.25, 0.3) is 21.7 Å². The van der Waals surface area contributed by atoms with Gasteiger partial charge in [-0.1, -0.05) is 42.1 Å². The molecule has 0 aliphatic carbocycles. The van der Waals surface area contributed by atoms with Crippen molar-refractivity contribution < 1.29 is 9.53 Å². The molecule has 3 aromatic carbocycles. The van der Waals surface area contributed by atoms with Crippen LogP contribution < -0.4 is 16.0 Å². The summed E-state index contributed by atoms with van der Waals surface area (Å²) in [5.41, 5.74) is 6.58. The Balaban J connectivity index is 1.43. The fraction of sp³-hybridized carbons (Fsp3) is 0.0400. The molecule has 8 heteroatoms. The minimum absolute atomic E-state index is 0.197. The zero-order chi connectivity index (χ0) is 22.8. The van der Waals surface area contributed by atoms with E-state index in [-0.39, 0.29) is 12.1 Å². The molecule has 5 aromatic rings. The van der Waals surface area contributed by atoms with Crippen LogP contribution in [0.4, 0.5) is 4.79 Å². The molecule has 0 bridgehead atoms. The number of para-hydroxylation sites is 1. The molecule has 0 fully saturated rings. The second kappa shape index (κ2) is 8.76. The maximum Gasteiger partial charge on any atom is 0.409 e. The summed E-state index contributed by atoms with van der Waals surface area (Å²) in [7, 11) is 0. The van der Waals surface area contributed by atoms with Crippen molar-refractivity contribution in [2.45, 2.75) is 16.3 Å². The lowest BCUT2D eigenvalue weighted by Gasteiger charge is -2.09. The highest BCUT2D eigenvalue weighted by atomic mass is 32.2. The number of nitrogens with two attached hydrogens (primary N) is 1. The molecule has 1 amide bonds. The van der Waals surface area contributed by atoms with Crippen LogP contribution in [-0.2, 0) is 6.54 Å². The molecule has 2 N–H and O–H groups in total. The highest BCUT2D eigenvalue weighted by Crippen LogP contribution is 2.33. The van der Waals surface area contributed by atoms with E-state index in [9.17, 15) is 9.59 Å². The number of amides is 1. The van der Waals surface area contributed by atoms with E-state index in [1.165, 1.54) is 4.68 Å². The van der Waals surface area contributed by atoms with Gasteiger partial charge in [-0.3, -0.25) is 9.78 Å². The van der Waals surface area contributed by atoms with E-state index in [1.54, 1.807) is 42.4 Å². The molecule has 0 aliphatic rings. The van der Waals surface area contributed by atoms with Gasteiger partial charge in [0, 0.05) is 26.8 Å². The third kappa shape index (κ3) is 4.42. The highest BCUT2D eigenvalue weighted by Gasteiger charge is 2.09. The van der Waals surface area contributed by atoms with Crippen LogP contribution in [-0.4, -0.2) is 20.9 Å². The van der Waals surface area contributed by atoms with Gasteiger partial charge in [0.25, 0.3) is 5.56 Å². The number of hydrogen-bond donors (Lipinski definition) is 1. The summed E-state index contributed by atoms with van der Waals surface area (Å²) in [6.45, 7) is 0.239. The SMILES string of the molecule is NC(=O)Oc1cccc(Cn2ncc3cc(Sc4cccc5cccnc45)ccc3c2=O)c1. The van der Waals surface area contributed by atoms with Gasteiger partial charge in [-0.05, 0) is 48.0 Å². The minimum atomic E-state index is -0.888. The molecule has 7 nitrogen and oxygen atoms in total. The molecule has 0 aliphatic heterocycles. The summed E-state index contributed by atoms with van der Waals surface area (Å²) in [6.07, 6.45) is 2.59. The standard InChI is InChI=1S/C25H18N4O3S/c26-25(31)32-19-7-1-4-16(12-19)15-29-24(30)21-10-9-20(13-18(21)14-28-29)33-22-8-2-5-17-6-3-11-27-23(17)22/h1-14H,15H2,(H2,26,31). The van der Waals surface area contributed by atoms with Crippen LogP contribution in [0.2, 0.25) is 0 Å². The highest BCUT2D eigenvalue weighted by molar-refractivity contribution is 7.99. The van der Waals surface area contributed by atoms with E-state index in [0.717, 1.165) is 31.6 Å². The molecular weight excluding hydrogens is 436 g/mol. The Morgan fingerprint density at radius 1 is 1.00 bits per heavy atom. The summed E-state index contributed by atoms with van der Waals surface area (Å²) >= 11 is 1.60. The van der Waals surface area contributed by atoms with E-state index in [4.69, 9.17) is 10.5 Å². The van der Waals surface area contributed by atoms with Gasteiger partial charge in [-0.15, -0.1) is 0 Å². The van der Waals surface area contributed by atoms with Crippen molar-refractivity contribution in [2.24, 2.45) is 5.73 Å². The van der Waals surface area contributed by atoms with Crippen molar-refractivity contribution in [3.8, 4) is 5.75 Å². The molecule has 0 spiro atoms. The Morgan fingerprint density at radius 2 is 1.85 bits per heavy atom. The molecule has 0 unspecified atom stereocenters. The maximum absolute atomic E-state index is 13.0. The number of pyridine rings is 1. The maximum atomic E-state index is 13.0. The van der Waals surface area contributed by atoms with Gasteiger partial charge in [0.2, 0.25) is 0 Å². The largest absolute Gasteiger partial charge is 0.410 e. The summed E-state index contributed by atoms with van der Waals surface area (Å²) in [5, 5.41) is 6.76. The first-order chi connectivity index (χ1) is 16.1. The summed E-state index contributed by atoms with van der Waals surface area (Å²) in [4.78, 5) is 30.5. The summed E-state index contributed by atoms with van der Waals surface area (Å²) < 4.78 is 6.29. The second-order valence-corrected chi connectivity index (χ2v) is 8.47. The fourth-order valence-electron chi connectivity index (χ4n) is 3.62. The molecule has 2 heterocycles. The van der Waals surface area contributed by atoms with Gasteiger partial charge in [0.1, 0.15) is 5.75 Å². The van der Waals surface area contributed by atoms with Crippen molar-refractivity contribution in [3.05, 3.63) is 101 Å². The first-order valence-electron chi connectivity index (χ1n) is 10.1. The average Bonchev–Trinajstić information content (AvgIpc) is 2.81. The average molecular weight is 455 g/mol. The number of aromatic nitrogens is 3. The number of carbonyl (C=O) groups excluding carboxylic acids is 1. The van der Waals surface area contributed by atoms with Gasteiger partial charge in [0.05, 0.1) is 23.6 Å². The molecule has 162 valence electrons. The molecule has 0 atom stereocenters.